The third-order valence-electron chi connectivity index (χ3n) is 6.32. The van der Waals surface area contributed by atoms with Crippen LogP contribution in [-0.4, -0.2) is 49.4 Å². The molecule has 3 aromatic heterocycles. The molecule has 1 aliphatic heterocycles. The molecule has 1 fully saturated rings. The Balaban J connectivity index is 1.26. The topological polar surface area (TPSA) is 75.4 Å². The Bertz CT molecular complexity index is 1520. The monoisotopic (exact) mass is 486 g/mol. The van der Waals surface area contributed by atoms with Gasteiger partial charge in [0.2, 0.25) is 0 Å². The van der Waals surface area contributed by atoms with Crippen molar-refractivity contribution in [2.24, 2.45) is 0 Å². The summed E-state index contributed by atoms with van der Waals surface area (Å²) < 4.78 is 15.6. The quantitative estimate of drug-likeness (QED) is 0.370. The third-order valence-corrected chi connectivity index (χ3v) is 7.21. The predicted molar refractivity (Wildman–Crippen MR) is 135 cm³/mol. The number of hydrogen-bond donors (Lipinski definition) is 1. The first-order chi connectivity index (χ1) is 17.1. The highest BCUT2D eigenvalue weighted by Crippen LogP contribution is 2.30. The number of amides is 1. The largest absolute Gasteiger partial charge is 0.320 e. The molecule has 0 radical (unpaired) electrons. The molecule has 0 bridgehead atoms. The van der Waals surface area contributed by atoms with Crippen molar-refractivity contribution in [3.8, 4) is 11.3 Å². The van der Waals surface area contributed by atoms with E-state index < -0.39 is 6.17 Å². The van der Waals surface area contributed by atoms with Gasteiger partial charge in [-0.05, 0) is 31.0 Å². The van der Waals surface area contributed by atoms with Crippen LogP contribution in [0.4, 0.5) is 10.1 Å². The van der Waals surface area contributed by atoms with Gasteiger partial charge in [-0.1, -0.05) is 30.3 Å². The summed E-state index contributed by atoms with van der Waals surface area (Å²) in [4.78, 5) is 29.8. The van der Waals surface area contributed by atoms with Crippen molar-refractivity contribution in [2.45, 2.75) is 25.6 Å². The Morgan fingerprint density at radius 3 is 2.69 bits per heavy atom. The maximum absolute atomic E-state index is 13.5. The van der Waals surface area contributed by atoms with Crippen LogP contribution in [0.15, 0.2) is 66.3 Å². The van der Waals surface area contributed by atoms with Crippen LogP contribution in [0.1, 0.15) is 29.0 Å². The predicted octanol–water partition coefficient (Wildman–Crippen LogP) is 5.19. The molecule has 176 valence electrons. The zero-order valence-electron chi connectivity index (χ0n) is 18.9. The molecule has 0 atom stereocenters. The SMILES string of the molecule is O=C(Nc1ccccc1-c1cn2c(CN3CCC(F)CC3)csc2n1)c1cnc2ccccc2n1. The lowest BCUT2D eigenvalue weighted by atomic mass is 10.1. The van der Waals surface area contributed by atoms with Gasteiger partial charge in [-0.2, -0.15) is 0 Å². The molecule has 0 unspecified atom stereocenters. The van der Waals surface area contributed by atoms with Gasteiger partial charge in [0.25, 0.3) is 5.91 Å². The van der Waals surface area contributed by atoms with Crippen molar-refractivity contribution >= 4 is 38.9 Å². The summed E-state index contributed by atoms with van der Waals surface area (Å²) in [6.07, 6.45) is 4.00. The number of nitrogens with zero attached hydrogens (tertiary/aromatic N) is 5. The molecule has 7 nitrogen and oxygen atoms in total. The summed E-state index contributed by atoms with van der Waals surface area (Å²) in [5.41, 5.74) is 5.07. The van der Waals surface area contributed by atoms with E-state index in [1.807, 2.05) is 54.7 Å². The van der Waals surface area contributed by atoms with E-state index >= 15 is 0 Å². The maximum atomic E-state index is 13.5. The summed E-state index contributed by atoms with van der Waals surface area (Å²) in [5, 5.41) is 5.09. The van der Waals surface area contributed by atoms with Crippen LogP contribution in [0.5, 0.6) is 0 Å². The number of piperidine rings is 1. The van der Waals surface area contributed by atoms with Gasteiger partial charge in [-0.15, -0.1) is 11.3 Å². The summed E-state index contributed by atoms with van der Waals surface area (Å²) in [6, 6.07) is 15.1. The molecule has 6 rings (SSSR count). The molecule has 2 aromatic carbocycles. The number of carbonyl (C=O) groups excluding carboxylic acids is 1. The Hall–Kier alpha value is -3.69. The second-order valence-electron chi connectivity index (χ2n) is 8.70. The molecule has 4 heterocycles. The number of aromatic nitrogens is 4. The average Bonchev–Trinajstić information content (AvgIpc) is 3.47. The van der Waals surface area contributed by atoms with Crippen molar-refractivity contribution in [1.82, 2.24) is 24.3 Å². The molecule has 5 aromatic rings. The van der Waals surface area contributed by atoms with Crippen LogP contribution in [0.25, 0.3) is 27.3 Å². The van der Waals surface area contributed by atoms with E-state index in [2.05, 4.69) is 30.0 Å². The maximum Gasteiger partial charge on any atom is 0.275 e. The zero-order chi connectivity index (χ0) is 23.8. The highest BCUT2D eigenvalue weighted by molar-refractivity contribution is 7.15. The molecule has 35 heavy (non-hydrogen) atoms. The molecular weight excluding hydrogens is 463 g/mol. The molecule has 1 amide bonds. The van der Waals surface area contributed by atoms with Crippen LogP contribution >= 0.6 is 11.3 Å². The minimum Gasteiger partial charge on any atom is -0.320 e. The van der Waals surface area contributed by atoms with E-state index in [9.17, 15) is 9.18 Å². The number of carbonyl (C=O) groups is 1. The highest BCUT2D eigenvalue weighted by atomic mass is 32.1. The van der Waals surface area contributed by atoms with Gasteiger partial charge in [0, 0.05) is 42.5 Å². The minimum absolute atomic E-state index is 0.253. The fourth-order valence-corrected chi connectivity index (χ4v) is 5.29. The number of para-hydroxylation sites is 3. The third kappa shape index (κ3) is 4.40. The van der Waals surface area contributed by atoms with E-state index in [0.717, 1.165) is 47.1 Å². The Kier molecular flexibility index (Phi) is 5.71. The van der Waals surface area contributed by atoms with Crippen LogP contribution in [0.2, 0.25) is 0 Å². The summed E-state index contributed by atoms with van der Waals surface area (Å²) >= 11 is 1.58. The lowest BCUT2D eigenvalue weighted by molar-refractivity contribution is 0.102. The molecule has 1 aliphatic rings. The lowest BCUT2D eigenvalue weighted by Crippen LogP contribution is -2.34. The van der Waals surface area contributed by atoms with Crippen molar-refractivity contribution in [3.05, 3.63) is 77.7 Å². The van der Waals surface area contributed by atoms with Gasteiger partial charge in [0.15, 0.2) is 4.96 Å². The number of hydrogen-bond acceptors (Lipinski definition) is 6. The molecule has 1 saturated heterocycles. The number of likely N-dealkylation sites (tertiary alicyclic amines) is 1. The van der Waals surface area contributed by atoms with Gasteiger partial charge >= 0.3 is 0 Å². The smallest absolute Gasteiger partial charge is 0.275 e. The number of benzene rings is 2. The van der Waals surface area contributed by atoms with Gasteiger partial charge in [0.1, 0.15) is 11.9 Å². The number of halogens is 1. The summed E-state index contributed by atoms with van der Waals surface area (Å²) in [7, 11) is 0. The fraction of sp³-hybridized carbons (Fsp3) is 0.231. The number of thiazole rings is 1. The summed E-state index contributed by atoms with van der Waals surface area (Å²) in [6.45, 7) is 2.31. The van der Waals surface area contributed by atoms with Crippen LogP contribution in [-0.2, 0) is 6.54 Å². The van der Waals surface area contributed by atoms with E-state index in [-0.39, 0.29) is 11.6 Å². The first-order valence-electron chi connectivity index (χ1n) is 11.6. The highest BCUT2D eigenvalue weighted by Gasteiger charge is 2.20. The minimum atomic E-state index is -0.680. The second kappa shape index (κ2) is 9.16. The first-order valence-corrected chi connectivity index (χ1v) is 12.5. The van der Waals surface area contributed by atoms with Gasteiger partial charge in [0.05, 0.1) is 28.6 Å². The number of nitrogens with one attached hydrogen (secondary N) is 1. The van der Waals surface area contributed by atoms with Crippen LogP contribution < -0.4 is 5.32 Å². The molecular formula is C26H23FN6OS. The molecule has 0 aliphatic carbocycles. The number of imidazole rings is 1. The van der Waals surface area contributed by atoms with Crippen LogP contribution in [0.3, 0.4) is 0 Å². The number of fused-ring (bicyclic) bond motifs is 2. The standard InChI is InChI=1S/C26H23FN6OS/c27-17-9-11-32(12-10-17)14-18-16-35-26-31-24(15-33(18)26)19-5-1-2-6-20(19)30-25(34)23-13-28-21-7-3-4-8-22(21)29-23/h1-8,13,15-17H,9-12,14H2,(H,30,34). The molecule has 0 saturated carbocycles. The zero-order valence-corrected chi connectivity index (χ0v) is 19.7. The second-order valence-corrected chi connectivity index (χ2v) is 9.54. The van der Waals surface area contributed by atoms with Gasteiger partial charge in [-0.25, -0.2) is 14.4 Å². The lowest BCUT2D eigenvalue weighted by Gasteiger charge is -2.28. The first kappa shape index (κ1) is 21.8. The van der Waals surface area contributed by atoms with Gasteiger partial charge in [-0.3, -0.25) is 19.1 Å². The van der Waals surface area contributed by atoms with Crippen molar-refractivity contribution < 1.29 is 9.18 Å². The van der Waals surface area contributed by atoms with Gasteiger partial charge < -0.3 is 5.32 Å². The Labute approximate surface area is 205 Å². The normalized spacial score (nSPS) is 15.1. The summed E-state index contributed by atoms with van der Waals surface area (Å²) in [5.74, 6) is -0.325. The van der Waals surface area contributed by atoms with E-state index in [1.165, 1.54) is 6.20 Å². The Morgan fingerprint density at radius 1 is 1.06 bits per heavy atom. The van der Waals surface area contributed by atoms with Crippen molar-refractivity contribution in [1.29, 1.82) is 0 Å². The molecule has 9 heteroatoms. The average molecular weight is 487 g/mol. The van der Waals surface area contributed by atoms with Crippen molar-refractivity contribution in [3.63, 3.8) is 0 Å². The van der Waals surface area contributed by atoms with Crippen molar-refractivity contribution in [2.75, 3.05) is 18.4 Å². The molecule has 1 N–H and O–H groups in total. The fourth-order valence-electron chi connectivity index (χ4n) is 4.43. The number of rotatable bonds is 5. The number of anilines is 1. The van der Waals surface area contributed by atoms with Crippen LogP contribution in [0, 0.1) is 0 Å². The Morgan fingerprint density at radius 2 is 1.83 bits per heavy atom. The molecule has 0 spiro atoms. The number of alkyl halides is 1. The van der Waals surface area contributed by atoms with E-state index in [1.54, 1.807) is 11.3 Å². The van der Waals surface area contributed by atoms with E-state index in [0.29, 0.717) is 24.0 Å². The van der Waals surface area contributed by atoms with E-state index in [4.69, 9.17) is 4.98 Å².